The van der Waals surface area contributed by atoms with Crippen molar-refractivity contribution < 1.29 is 13.3 Å². The molecule has 0 amide bonds. The number of benzene rings is 2. The first-order chi connectivity index (χ1) is 12.0. The Morgan fingerprint density at radius 3 is 2.48 bits per heavy atom. The van der Waals surface area contributed by atoms with Crippen molar-refractivity contribution in [3.63, 3.8) is 0 Å². The van der Waals surface area contributed by atoms with Gasteiger partial charge in [0.15, 0.2) is 4.90 Å². The van der Waals surface area contributed by atoms with Crippen molar-refractivity contribution in [2.75, 3.05) is 13.1 Å². The fraction of sp³-hybridized carbons (Fsp3) is 0.294. The van der Waals surface area contributed by atoms with Gasteiger partial charge in [0, 0.05) is 24.6 Å². The summed E-state index contributed by atoms with van der Waals surface area (Å²) in [7, 11) is -4.01. The Morgan fingerprint density at radius 1 is 1.08 bits per heavy atom. The smallest absolute Gasteiger partial charge is 0.289 e. The van der Waals surface area contributed by atoms with Crippen LogP contribution in [0.5, 0.6) is 0 Å². The molecule has 1 aliphatic heterocycles. The molecule has 1 aliphatic rings. The minimum absolute atomic E-state index is 0.0139. The van der Waals surface area contributed by atoms with Gasteiger partial charge in [-0.15, -0.1) is 0 Å². The summed E-state index contributed by atoms with van der Waals surface area (Å²) in [5.41, 5.74) is 0.634. The fourth-order valence-corrected chi connectivity index (χ4v) is 4.63. The molecule has 2 atom stereocenters. The molecule has 0 aromatic heterocycles. The van der Waals surface area contributed by atoms with Crippen molar-refractivity contribution in [1.29, 1.82) is 0 Å². The number of hydrogen-bond donors (Lipinski definition) is 2. The molecule has 1 fully saturated rings. The average Bonchev–Trinajstić information content (AvgIpc) is 2.62. The van der Waals surface area contributed by atoms with E-state index in [1.54, 1.807) is 0 Å². The van der Waals surface area contributed by atoms with Gasteiger partial charge in [0.1, 0.15) is 0 Å². The van der Waals surface area contributed by atoms with E-state index in [4.69, 9.17) is 0 Å². The third kappa shape index (κ3) is 3.87. The average molecular weight is 361 g/mol. The molecule has 0 saturated carbocycles. The van der Waals surface area contributed by atoms with Gasteiger partial charge >= 0.3 is 0 Å². The van der Waals surface area contributed by atoms with Crippen molar-refractivity contribution in [3.8, 4) is 0 Å². The maximum Gasteiger partial charge on any atom is 0.289 e. The van der Waals surface area contributed by atoms with Crippen LogP contribution in [0.2, 0.25) is 0 Å². The summed E-state index contributed by atoms with van der Waals surface area (Å²) in [6, 6.07) is 14.7. The normalized spacial score (nSPS) is 21.0. The molecule has 0 unspecified atom stereocenters. The summed E-state index contributed by atoms with van der Waals surface area (Å²) in [5, 5.41) is 14.3. The van der Waals surface area contributed by atoms with Crippen molar-refractivity contribution in [1.82, 2.24) is 10.0 Å². The summed E-state index contributed by atoms with van der Waals surface area (Å²) in [4.78, 5) is 10.2. The van der Waals surface area contributed by atoms with Crippen LogP contribution in [0.25, 0.3) is 0 Å². The van der Waals surface area contributed by atoms with E-state index in [0.29, 0.717) is 6.54 Å². The van der Waals surface area contributed by atoms with Crippen LogP contribution < -0.4 is 10.0 Å². The maximum atomic E-state index is 12.8. The SMILES string of the molecule is O=[N+]([O-])c1ccccc1S(=O)(=O)N[C@H]1CNCC[C@H]1c1ccccc1. The first-order valence-electron chi connectivity index (χ1n) is 8.00. The zero-order valence-electron chi connectivity index (χ0n) is 13.5. The van der Waals surface area contributed by atoms with Gasteiger partial charge in [-0.3, -0.25) is 10.1 Å². The molecule has 8 heteroatoms. The lowest BCUT2D eigenvalue weighted by Crippen LogP contribution is -2.49. The van der Waals surface area contributed by atoms with Gasteiger partial charge in [-0.05, 0) is 24.6 Å². The van der Waals surface area contributed by atoms with E-state index in [-0.39, 0.29) is 16.9 Å². The number of nitrogens with one attached hydrogen (secondary N) is 2. The molecule has 25 heavy (non-hydrogen) atoms. The van der Waals surface area contributed by atoms with Crippen molar-refractivity contribution in [2.24, 2.45) is 0 Å². The van der Waals surface area contributed by atoms with Crippen LogP contribution in [0.15, 0.2) is 59.5 Å². The molecular weight excluding hydrogens is 342 g/mol. The highest BCUT2D eigenvalue weighted by atomic mass is 32.2. The highest BCUT2D eigenvalue weighted by Gasteiger charge is 2.33. The van der Waals surface area contributed by atoms with Crippen LogP contribution in [-0.2, 0) is 10.0 Å². The summed E-state index contributed by atoms with van der Waals surface area (Å²) < 4.78 is 28.2. The van der Waals surface area contributed by atoms with E-state index in [2.05, 4.69) is 10.0 Å². The number of piperidine rings is 1. The van der Waals surface area contributed by atoms with Crippen LogP contribution in [0.1, 0.15) is 17.9 Å². The third-order valence-electron chi connectivity index (χ3n) is 4.37. The van der Waals surface area contributed by atoms with E-state index in [1.165, 1.54) is 24.3 Å². The highest BCUT2D eigenvalue weighted by Crippen LogP contribution is 2.28. The number of nitrogens with zero attached hydrogens (tertiary/aromatic N) is 1. The Bertz CT molecular complexity index is 855. The molecule has 0 spiro atoms. The quantitative estimate of drug-likeness (QED) is 0.627. The first kappa shape index (κ1) is 17.5. The van der Waals surface area contributed by atoms with E-state index >= 15 is 0 Å². The summed E-state index contributed by atoms with van der Waals surface area (Å²) >= 11 is 0. The molecule has 2 aromatic rings. The zero-order valence-corrected chi connectivity index (χ0v) is 14.3. The second-order valence-electron chi connectivity index (χ2n) is 5.96. The first-order valence-corrected chi connectivity index (χ1v) is 9.49. The Hall–Kier alpha value is -2.29. The van der Waals surface area contributed by atoms with E-state index < -0.39 is 20.6 Å². The molecule has 2 aromatic carbocycles. The number of hydrogen-bond acceptors (Lipinski definition) is 5. The molecular formula is C17H19N3O4S. The second-order valence-corrected chi connectivity index (χ2v) is 7.64. The molecule has 1 saturated heterocycles. The van der Waals surface area contributed by atoms with Crippen LogP contribution in [0.4, 0.5) is 5.69 Å². The largest absolute Gasteiger partial charge is 0.315 e. The number of nitro benzene ring substituents is 1. The Kier molecular flexibility index (Phi) is 5.12. The van der Waals surface area contributed by atoms with E-state index in [1.807, 2.05) is 30.3 Å². The van der Waals surface area contributed by atoms with Gasteiger partial charge < -0.3 is 5.32 Å². The summed E-state index contributed by atoms with van der Waals surface area (Å²) in [5.74, 6) is 0.0139. The lowest BCUT2D eigenvalue weighted by atomic mass is 9.87. The zero-order chi connectivity index (χ0) is 17.9. The standard InChI is InChI=1S/C17H19N3O4S/c21-20(22)16-8-4-5-9-17(16)25(23,24)19-15-12-18-11-10-14(15)13-6-2-1-3-7-13/h1-9,14-15,18-19H,10-12H2/t14-,15-/m0/s1. The molecule has 0 bridgehead atoms. The monoisotopic (exact) mass is 361 g/mol. The van der Waals surface area contributed by atoms with Crippen molar-refractivity contribution >= 4 is 15.7 Å². The molecule has 2 N–H and O–H groups in total. The van der Waals surface area contributed by atoms with Gasteiger partial charge in [0.05, 0.1) is 4.92 Å². The minimum atomic E-state index is -4.01. The van der Waals surface area contributed by atoms with Crippen LogP contribution in [0.3, 0.4) is 0 Å². The van der Waals surface area contributed by atoms with Gasteiger partial charge in [-0.1, -0.05) is 42.5 Å². The van der Waals surface area contributed by atoms with Crippen molar-refractivity contribution in [2.45, 2.75) is 23.3 Å². The number of sulfonamides is 1. The van der Waals surface area contributed by atoms with Gasteiger partial charge in [-0.25, -0.2) is 13.1 Å². The molecule has 132 valence electrons. The van der Waals surface area contributed by atoms with Crippen LogP contribution in [-0.4, -0.2) is 32.5 Å². The third-order valence-corrected chi connectivity index (χ3v) is 5.91. The van der Waals surface area contributed by atoms with Gasteiger partial charge in [-0.2, -0.15) is 0 Å². The van der Waals surface area contributed by atoms with Gasteiger partial charge in [0.2, 0.25) is 10.0 Å². The van der Waals surface area contributed by atoms with Crippen LogP contribution in [0, 0.1) is 10.1 Å². The van der Waals surface area contributed by atoms with E-state index in [0.717, 1.165) is 18.5 Å². The minimum Gasteiger partial charge on any atom is -0.315 e. The molecule has 0 radical (unpaired) electrons. The topological polar surface area (TPSA) is 101 Å². The lowest BCUT2D eigenvalue weighted by molar-refractivity contribution is -0.387. The summed E-state index contributed by atoms with van der Waals surface area (Å²) in [6.07, 6.45) is 0.786. The fourth-order valence-electron chi connectivity index (χ4n) is 3.18. The Labute approximate surface area is 146 Å². The molecule has 0 aliphatic carbocycles. The maximum absolute atomic E-state index is 12.8. The number of rotatable bonds is 5. The van der Waals surface area contributed by atoms with Crippen molar-refractivity contribution in [3.05, 3.63) is 70.3 Å². The lowest BCUT2D eigenvalue weighted by Gasteiger charge is -2.32. The molecule has 7 nitrogen and oxygen atoms in total. The molecule has 3 rings (SSSR count). The Morgan fingerprint density at radius 2 is 1.76 bits per heavy atom. The summed E-state index contributed by atoms with van der Waals surface area (Å²) in [6.45, 7) is 1.27. The highest BCUT2D eigenvalue weighted by molar-refractivity contribution is 7.89. The molecule has 1 heterocycles. The number of para-hydroxylation sites is 1. The predicted octanol–water partition coefficient (Wildman–Crippen LogP) is 2.02. The predicted molar refractivity (Wildman–Crippen MR) is 93.9 cm³/mol. The number of nitro groups is 1. The van der Waals surface area contributed by atoms with Crippen LogP contribution >= 0.6 is 0 Å². The Balaban J connectivity index is 1.90. The van der Waals surface area contributed by atoms with Gasteiger partial charge in [0.25, 0.3) is 5.69 Å². The second kappa shape index (κ2) is 7.30. The van der Waals surface area contributed by atoms with E-state index in [9.17, 15) is 18.5 Å².